The highest BCUT2D eigenvalue weighted by Crippen LogP contribution is 2.41. The lowest BCUT2D eigenvalue weighted by Gasteiger charge is -2.16. The van der Waals surface area contributed by atoms with Crippen LogP contribution >= 0.6 is 0 Å². The summed E-state index contributed by atoms with van der Waals surface area (Å²) in [4.78, 5) is 0. The average Bonchev–Trinajstić information content (AvgIpc) is 3.36. The van der Waals surface area contributed by atoms with E-state index in [1.165, 1.54) is 24.3 Å². The van der Waals surface area contributed by atoms with E-state index in [1.807, 2.05) is 60.7 Å². The number of benzene rings is 7. The highest BCUT2D eigenvalue weighted by Gasteiger charge is 2.18. The molecular formula is C40H23F4N. The van der Waals surface area contributed by atoms with Crippen LogP contribution in [0.15, 0.2) is 140 Å². The Kier molecular flexibility index (Phi) is 6.27. The van der Waals surface area contributed by atoms with Crippen molar-refractivity contribution in [3.63, 3.8) is 0 Å². The molecule has 5 heteroatoms. The van der Waals surface area contributed by atoms with Crippen LogP contribution in [0.2, 0.25) is 0 Å². The van der Waals surface area contributed by atoms with Gasteiger partial charge in [0.15, 0.2) is 0 Å². The van der Waals surface area contributed by atoms with Gasteiger partial charge in [0, 0.05) is 28.5 Å². The van der Waals surface area contributed by atoms with Gasteiger partial charge in [-0.2, -0.15) is 0 Å². The second-order valence-corrected chi connectivity index (χ2v) is 11.2. The molecule has 0 bridgehead atoms. The zero-order valence-electron chi connectivity index (χ0n) is 23.7. The first-order valence-corrected chi connectivity index (χ1v) is 14.5. The number of halogens is 4. The predicted molar refractivity (Wildman–Crippen MR) is 174 cm³/mol. The van der Waals surface area contributed by atoms with E-state index < -0.39 is 23.3 Å². The van der Waals surface area contributed by atoms with E-state index in [2.05, 4.69) is 47.0 Å². The van der Waals surface area contributed by atoms with Gasteiger partial charge in [-0.1, -0.05) is 72.8 Å². The minimum absolute atomic E-state index is 0.412. The molecule has 0 saturated carbocycles. The Labute approximate surface area is 256 Å². The van der Waals surface area contributed by atoms with Gasteiger partial charge in [0.2, 0.25) is 0 Å². The van der Waals surface area contributed by atoms with Gasteiger partial charge in [0.25, 0.3) is 0 Å². The SMILES string of the molecule is Fc1cc(F)cc(-c2ccc3c(c2)c2cc(-c4cc(F)cc(F)c4)ccc2n3-c2ccccc2-c2cccc3ccccc23)c1. The van der Waals surface area contributed by atoms with Crippen molar-refractivity contribution in [3.05, 3.63) is 163 Å². The van der Waals surface area contributed by atoms with Crippen molar-refractivity contribution in [3.8, 4) is 39.1 Å². The van der Waals surface area contributed by atoms with E-state index in [9.17, 15) is 17.6 Å². The fourth-order valence-corrected chi connectivity index (χ4v) is 6.44. The van der Waals surface area contributed by atoms with E-state index >= 15 is 0 Å². The third-order valence-corrected chi connectivity index (χ3v) is 8.38. The van der Waals surface area contributed by atoms with Crippen LogP contribution in [-0.4, -0.2) is 4.57 Å². The van der Waals surface area contributed by atoms with Crippen molar-refractivity contribution in [2.75, 3.05) is 0 Å². The standard InChI is InChI=1S/C40H23F4N/c41-29-16-27(17-30(42)22-29)25-12-14-39-36(20-25)37-21-26(28-18-31(43)23-32(44)19-28)13-15-40(37)45(39)38-11-4-3-9-35(38)34-10-5-7-24-6-1-2-8-33(24)34/h1-23H. The van der Waals surface area contributed by atoms with Gasteiger partial charge >= 0.3 is 0 Å². The first-order valence-electron chi connectivity index (χ1n) is 14.5. The largest absolute Gasteiger partial charge is 0.309 e. The van der Waals surface area contributed by atoms with E-state index in [4.69, 9.17) is 0 Å². The highest BCUT2D eigenvalue weighted by atomic mass is 19.1. The molecule has 216 valence electrons. The normalized spacial score (nSPS) is 11.6. The van der Waals surface area contributed by atoms with Gasteiger partial charge in [-0.3, -0.25) is 0 Å². The Morgan fingerprint density at radius 2 is 0.844 bits per heavy atom. The fourth-order valence-electron chi connectivity index (χ4n) is 6.44. The Hall–Kier alpha value is -5.68. The number of rotatable bonds is 4. The quantitative estimate of drug-likeness (QED) is 0.179. The monoisotopic (exact) mass is 593 g/mol. The van der Waals surface area contributed by atoms with Gasteiger partial charge in [-0.15, -0.1) is 0 Å². The van der Waals surface area contributed by atoms with Crippen LogP contribution in [0.4, 0.5) is 17.6 Å². The molecule has 8 rings (SSSR count). The minimum Gasteiger partial charge on any atom is -0.309 e. The zero-order valence-corrected chi connectivity index (χ0v) is 23.7. The maximum Gasteiger partial charge on any atom is 0.126 e. The van der Waals surface area contributed by atoms with Crippen molar-refractivity contribution < 1.29 is 17.6 Å². The lowest BCUT2D eigenvalue weighted by molar-refractivity contribution is 0.583. The molecule has 0 aliphatic heterocycles. The summed E-state index contributed by atoms with van der Waals surface area (Å²) >= 11 is 0. The molecule has 0 atom stereocenters. The summed E-state index contributed by atoms with van der Waals surface area (Å²) in [7, 11) is 0. The molecule has 0 unspecified atom stereocenters. The van der Waals surface area contributed by atoms with Crippen LogP contribution in [0, 0.1) is 23.3 Å². The van der Waals surface area contributed by atoms with Crippen LogP contribution in [0.25, 0.3) is 71.6 Å². The predicted octanol–water partition coefficient (Wildman–Crippen LogP) is 11.5. The van der Waals surface area contributed by atoms with Crippen LogP contribution in [0.3, 0.4) is 0 Å². The fraction of sp³-hybridized carbons (Fsp3) is 0. The number of para-hydroxylation sites is 1. The summed E-state index contributed by atoms with van der Waals surface area (Å²) in [5.74, 6) is -2.64. The Morgan fingerprint density at radius 3 is 1.44 bits per heavy atom. The Morgan fingerprint density at radius 1 is 0.356 bits per heavy atom. The molecule has 45 heavy (non-hydrogen) atoms. The summed E-state index contributed by atoms with van der Waals surface area (Å²) in [6.07, 6.45) is 0. The molecule has 8 aromatic rings. The van der Waals surface area contributed by atoms with Crippen molar-refractivity contribution in [1.82, 2.24) is 4.57 Å². The minimum atomic E-state index is -0.660. The molecule has 1 aromatic heterocycles. The molecule has 7 aromatic carbocycles. The number of hydrogen-bond donors (Lipinski definition) is 0. The maximum absolute atomic E-state index is 14.2. The number of fused-ring (bicyclic) bond motifs is 4. The van der Waals surface area contributed by atoms with E-state index in [0.29, 0.717) is 22.3 Å². The average molecular weight is 594 g/mol. The van der Waals surface area contributed by atoms with E-state index in [-0.39, 0.29) is 0 Å². The third-order valence-electron chi connectivity index (χ3n) is 8.38. The topological polar surface area (TPSA) is 4.93 Å². The van der Waals surface area contributed by atoms with Gasteiger partial charge in [-0.05, 0) is 93.2 Å². The third kappa shape index (κ3) is 4.64. The maximum atomic E-state index is 14.2. The van der Waals surface area contributed by atoms with Gasteiger partial charge < -0.3 is 4.57 Å². The summed E-state index contributed by atoms with van der Waals surface area (Å²) in [5, 5.41) is 3.92. The molecule has 1 heterocycles. The van der Waals surface area contributed by atoms with Gasteiger partial charge in [0.1, 0.15) is 23.3 Å². The molecule has 0 saturated heterocycles. The molecule has 0 fully saturated rings. The molecule has 0 aliphatic rings. The van der Waals surface area contributed by atoms with Crippen LogP contribution < -0.4 is 0 Å². The van der Waals surface area contributed by atoms with Gasteiger partial charge in [0.05, 0.1) is 16.7 Å². The summed E-state index contributed by atoms with van der Waals surface area (Å²) in [6, 6.07) is 41.1. The molecule has 0 amide bonds. The highest BCUT2D eigenvalue weighted by molar-refractivity contribution is 6.12. The molecular weight excluding hydrogens is 570 g/mol. The first-order chi connectivity index (χ1) is 21.9. The van der Waals surface area contributed by atoms with Crippen LogP contribution in [-0.2, 0) is 0 Å². The van der Waals surface area contributed by atoms with Crippen LogP contribution in [0.1, 0.15) is 0 Å². The van der Waals surface area contributed by atoms with Crippen molar-refractivity contribution in [2.45, 2.75) is 0 Å². The summed E-state index contributed by atoms with van der Waals surface area (Å²) < 4.78 is 59.1. The molecule has 0 spiro atoms. The zero-order chi connectivity index (χ0) is 30.7. The van der Waals surface area contributed by atoms with Crippen molar-refractivity contribution in [2.24, 2.45) is 0 Å². The molecule has 0 aliphatic carbocycles. The van der Waals surface area contributed by atoms with E-state index in [0.717, 1.165) is 61.5 Å². The van der Waals surface area contributed by atoms with Crippen molar-refractivity contribution >= 4 is 32.6 Å². The summed E-state index contributed by atoms with van der Waals surface area (Å²) in [5.41, 5.74) is 6.92. The number of nitrogens with zero attached hydrogens (tertiary/aromatic N) is 1. The van der Waals surface area contributed by atoms with Crippen LogP contribution in [0.5, 0.6) is 0 Å². The lowest BCUT2D eigenvalue weighted by Crippen LogP contribution is -1.97. The van der Waals surface area contributed by atoms with E-state index in [1.54, 1.807) is 0 Å². The smallest absolute Gasteiger partial charge is 0.126 e. The molecule has 1 nitrogen and oxygen atoms in total. The molecule has 0 radical (unpaired) electrons. The molecule has 0 N–H and O–H groups in total. The Balaban J connectivity index is 1.43. The number of aromatic nitrogens is 1. The number of hydrogen-bond acceptors (Lipinski definition) is 0. The van der Waals surface area contributed by atoms with Crippen molar-refractivity contribution in [1.29, 1.82) is 0 Å². The lowest BCUT2D eigenvalue weighted by atomic mass is 9.97. The first kappa shape index (κ1) is 26.9. The summed E-state index contributed by atoms with van der Waals surface area (Å²) in [6.45, 7) is 0. The second-order valence-electron chi connectivity index (χ2n) is 11.2. The van der Waals surface area contributed by atoms with Gasteiger partial charge in [-0.25, -0.2) is 17.6 Å². The Bertz CT molecular complexity index is 2280. The second kappa shape index (κ2) is 10.5.